The second-order valence-electron chi connectivity index (χ2n) is 9.20. The second-order valence-corrected chi connectivity index (χ2v) is 12.2. The zero-order chi connectivity index (χ0) is 25.6. The molecular weight excluding hydrogens is 575 g/mol. The van der Waals surface area contributed by atoms with Gasteiger partial charge in [-0.15, -0.1) is 0 Å². The largest absolute Gasteiger partial charge is 0.479 e. The highest BCUT2D eigenvalue weighted by molar-refractivity contribution is 14.1. The number of rotatable bonds is 6. The first kappa shape index (κ1) is 26.5. The van der Waals surface area contributed by atoms with Gasteiger partial charge in [-0.25, -0.2) is 13.2 Å². The van der Waals surface area contributed by atoms with E-state index in [9.17, 15) is 28.4 Å². The predicted molar refractivity (Wildman–Crippen MR) is 134 cm³/mol. The van der Waals surface area contributed by atoms with Gasteiger partial charge in [0, 0.05) is 28.3 Å². The van der Waals surface area contributed by atoms with Crippen LogP contribution in [0.4, 0.5) is 5.69 Å². The molecule has 1 aliphatic rings. The highest BCUT2D eigenvalue weighted by Gasteiger charge is 2.37. The van der Waals surface area contributed by atoms with Gasteiger partial charge < -0.3 is 9.84 Å². The maximum Gasteiger partial charge on any atom is 0.337 e. The van der Waals surface area contributed by atoms with Crippen LogP contribution in [0.25, 0.3) is 0 Å². The van der Waals surface area contributed by atoms with Crippen molar-refractivity contribution in [3.8, 4) is 0 Å². The first-order chi connectivity index (χ1) is 15.7. The first-order valence-corrected chi connectivity index (χ1v) is 13.1. The Morgan fingerprint density at radius 2 is 1.82 bits per heavy atom. The SMILES string of the molecule is Cc1c(I)c(C(OC(C)(C)C)C(=O)O)c(C)c2c1CN(S(=O)(=O)c1ccccc1[N+](=O)[O-])CC2. The van der Waals surface area contributed by atoms with E-state index in [-0.39, 0.29) is 18.0 Å². The Hall–Kier alpha value is -2.09. The van der Waals surface area contributed by atoms with E-state index >= 15 is 0 Å². The number of nitrogens with zero attached hydrogens (tertiary/aromatic N) is 2. The van der Waals surface area contributed by atoms with Crippen molar-refractivity contribution >= 4 is 44.3 Å². The number of ether oxygens (including phenoxy) is 1. The highest BCUT2D eigenvalue weighted by Crippen LogP contribution is 2.39. The minimum Gasteiger partial charge on any atom is -0.479 e. The number of fused-ring (bicyclic) bond motifs is 1. The molecule has 1 heterocycles. The van der Waals surface area contributed by atoms with E-state index in [4.69, 9.17) is 4.74 Å². The number of nitro benzene ring substituents is 1. The van der Waals surface area contributed by atoms with Crippen LogP contribution in [0, 0.1) is 27.5 Å². The van der Waals surface area contributed by atoms with Crippen molar-refractivity contribution in [3.63, 3.8) is 0 Å². The molecule has 2 aromatic carbocycles. The molecule has 11 heteroatoms. The van der Waals surface area contributed by atoms with Crippen molar-refractivity contribution in [1.82, 2.24) is 4.31 Å². The van der Waals surface area contributed by atoms with E-state index < -0.39 is 38.3 Å². The van der Waals surface area contributed by atoms with E-state index in [0.29, 0.717) is 15.6 Å². The van der Waals surface area contributed by atoms with Gasteiger partial charge in [-0.3, -0.25) is 10.1 Å². The fraction of sp³-hybridized carbons (Fsp3) is 0.435. The number of carboxylic acid groups (broad SMARTS) is 1. The van der Waals surface area contributed by atoms with Gasteiger partial charge in [0.2, 0.25) is 10.0 Å². The van der Waals surface area contributed by atoms with Gasteiger partial charge >= 0.3 is 5.97 Å². The van der Waals surface area contributed by atoms with Crippen LogP contribution >= 0.6 is 22.6 Å². The molecule has 1 aliphatic heterocycles. The Labute approximate surface area is 212 Å². The summed E-state index contributed by atoms with van der Waals surface area (Å²) in [7, 11) is -4.12. The monoisotopic (exact) mass is 602 g/mol. The van der Waals surface area contributed by atoms with Crippen molar-refractivity contribution < 1.29 is 28.0 Å². The van der Waals surface area contributed by atoms with E-state index in [1.807, 2.05) is 13.8 Å². The quantitative estimate of drug-likeness (QED) is 0.293. The van der Waals surface area contributed by atoms with Gasteiger partial charge in [-0.05, 0) is 92.0 Å². The molecule has 9 nitrogen and oxygen atoms in total. The minimum atomic E-state index is -4.12. The molecule has 184 valence electrons. The Kier molecular flexibility index (Phi) is 7.42. The van der Waals surface area contributed by atoms with Crippen LogP contribution in [0.1, 0.15) is 54.7 Å². The number of hydrogen-bond acceptors (Lipinski definition) is 6. The van der Waals surface area contributed by atoms with Crippen molar-refractivity contribution in [2.45, 2.75) is 64.2 Å². The normalized spacial score (nSPS) is 15.6. The van der Waals surface area contributed by atoms with Gasteiger partial charge in [0.1, 0.15) is 0 Å². The molecule has 0 radical (unpaired) electrons. The standard InChI is InChI=1S/C23H27IN2O7S/c1-13-15-10-11-25(34(31,32)18-9-7-6-8-17(18)26(29)30)12-16(15)14(2)20(24)19(13)21(22(27)28)33-23(3,4)5/h6-9,21H,10-12H2,1-5H3,(H,27,28). The van der Waals surface area contributed by atoms with Crippen molar-refractivity contribution in [2.75, 3.05) is 6.54 Å². The van der Waals surface area contributed by atoms with Gasteiger partial charge in [-0.1, -0.05) is 12.1 Å². The molecule has 0 saturated carbocycles. The molecule has 0 fully saturated rings. The number of benzene rings is 2. The molecule has 0 amide bonds. The number of nitro groups is 1. The Bertz CT molecular complexity index is 1270. The third-order valence-electron chi connectivity index (χ3n) is 5.82. The van der Waals surface area contributed by atoms with Crippen LogP contribution in [0.5, 0.6) is 0 Å². The van der Waals surface area contributed by atoms with Crippen molar-refractivity contribution in [1.29, 1.82) is 0 Å². The van der Waals surface area contributed by atoms with E-state index in [1.54, 1.807) is 20.8 Å². The second kappa shape index (κ2) is 9.51. The summed E-state index contributed by atoms with van der Waals surface area (Å²) in [5.41, 5.74) is 2.66. The first-order valence-electron chi connectivity index (χ1n) is 10.6. The molecule has 34 heavy (non-hydrogen) atoms. The van der Waals surface area contributed by atoms with Crippen LogP contribution < -0.4 is 0 Å². The summed E-state index contributed by atoms with van der Waals surface area (Å²) in [6.07, 6.45) is -0.808. The van der Waals surface area contributed by atoms with E-state index in [1.165, 1.54) is 28.6 Å². The van der Waals surface area contributed by atoms with Crippen LogP contribution in [0.3, 0.4) is 0 Å². The lowest BCUT2D eigenvalue weighted by atomic mass is 9.87. The number of sulfonamides is 1. The van der Waals surface area contributed by atoms with Crippen LogP contribution in [0.2, 0.25) is 0 Å². The summed E-state index contributed by atoms with van der Waals surface area (Å²) >= 11 is 2.09. The number of halogens is 1. The third kappa shape index (κ3) is 4.97. The number of carbonyl (C=O) groups is 1. The zero-order valence-corrected chi connectivity index (χ0v) is 22.6. The van der Waals surface area contributed by atoms with E-state index in [2.05, 4.69) is 22.6 Å². The molecule has 1 atom stereocenters. The van der Waals surface area contributed by atoms with Gasteiger partial charge in [0.05, 0.1) is 10.5 Å². The van der Waals surface area contributed by atoms with Crippen LogP contribution in [0.15, 0.2) is 29.2 Å². The number of hydrogen-bond donors (Lipinski definition) is 1. The fourth-order valence-corrected chi connectivity index (χ4v) is 6.81. The molecule has 0 aliphatic carbocycles. The summed E-state index contributed by atoms with van der Waals surface area (Å²) in [6.45, 7) is 9.22. The Morgan fingerprint density at radius 1 is 1.21 bits per heavy atom. The van der Waals surface area contributed by atoms with Crippen molar-refractivity contribution in [3.05, 3.63) is 65.8 Å². The molecule has 1 unspecified atom stereocenters. The maximum atomic E-state index is 13.3. The maximum absolute atomic E-state index is 13.3. The molecule has 2 aromatic rings. The fourth-order valence-electron chi connectivity index (χ4n) is 4.23. The zero-order valence-electron chi connectivity index (χ0n) is 19.6. The molecule has 0 aromatic heterocycles. The molecule has 0 saturated heterocycles. The smallest absolute Gasteiger partial charge is 0.337 e. The molecule has 3 rings (SSSR count). The minimum absolute atomic E-state index is 0.0462. The molecular formula is C23H27IN2O7S. The summed E-state index contributed by atoms with van der Waals surface area (Å²) < 4.78 is 34.5. The highest BCUT2D eigenvalue weighted by atomic mass is 127. The summed E-state index contributed by atoms with van der Waals surface area (Å²) in [6, 6.07) is 5.31. The molecule has 0 bridgehead atoms. The van der Waals surface area contributed by atoms with Crippen LogP contribution in [-0.2, 0) is 32.5 Å². The number of aliphatic carboxylic acids is 1. The predicted octanol–water partition coefficient (Wildman–Crippen LogP) is 4.50. The number of carboxylic acids is 1. The van der Waals surface area contributed by atoms with Gasteiger partial charge in [-0.2, -0.15) is 4.31 Å². The average Bonchev–Trinajstić information content (AvgIpc) is 2.75. The van der Waals surface area contributed by atoms with Crippen LogP contribution in [-0.4, -0.2) is 40.9 Å². The van der Waals surface area contributed by atoms with Gasteiger partial charge in [0.15, 0.2) is 11.0 Å². The lowest BCUT2D eigenvalue weighted by Gasteiger charge is -2.34. The summed E-state index contributed by atoms with van der Waals surface area (Å²) in [5.74, 6) is -1.09. The van der Waals surface area contributed by atoms with Gasteiger partial charge in [0.25, 0.3) is 5.69 Å². The summed E-state index contributed by atoms with van der Waals surface area (Å²) in [5, 5.41) is 21.3. The van der Waals surface area contributed by atoms with E-state index in [0.717, 1.165) is 22.3 Å². The summed E-state index contributed by atoms with van der Waals surface area (Å²) in [4.78, 5) is 22.5. The van der Waals surface area contributed by atoms with Crippen molar-refractivity contribution in [2.24, 2.45) is 0 Å². The topological polar surface area (TPSA) is 127 Å². The Morgan fingerprint density at radius 3 is 2.38 bits per heavy atom. The number of para-hydroxylation sites is 1. The lowest BCUT2D eigenvalue weighted by molar-refractivity contribution is -0.387. The third-order valence-corrected chi connectivity index (χ3v) is 9.11. The Balaban J connectivity index is 2.09. The lowest BCUT2D eigenvalue weighted by Crippen LogP contribution is -2.37. The average molecular weight is 602 g/mol. The molecule has 0 spiro atoms. The molecule has 1 N–H and O–H groups in total.